The van der Waals surface area contributed by atoms with E-state index in [0.717, 1.165) is 19.3 Å². The normalized spacial score (nSPS) is 6.29. The Morgan fingerprint density at radius 2 is 2.14 bits per heavy atom. The highest BCUT2D eigenvalue weighted by atomic mass is 28.1. The zero-order valence-corrected chi connectivity index (χ0v) is 4.07. The number of nitriles is 1. The molecule has 0 fully saturated rings. The first-order valence-corrected chi connectivity index (χ1v) is 2.28. The van der Waals surface area contributed by atoms with Crippen molar-refractivity contribution in [2.24, 2.45) is 0 Å². The fraction of sp³-hybridized carbons (Fsp3) is 0.800. The minimum absolute atomic E-state index is 0. The lowest BCUT2D eigenvalue weighted by atomic mass is 10.3. The Bertz CT molecular complexity index is 55.6. The van der Waals surface area contributed by atoms with Crippen LogP contribution in [0.5, 0.6) is 0 Å². The average molecular weight is 115 g/mol. The quantitative estimate of drug-likeness (QED) is 0.374. The van der Waals surface area contributed by atoms with Gasteiger partial charge in [0.2, 0.25) is 0 Å². The Hall–Kier alpha value is -0.293. The maximum Gasteiger partial charge on any atom is 0.0621 e. The summed E-state index contributed by atoms with van der Waals surface area (Å²) in [5, 5.41) is 7.95. The molecule has 0 atom stereocenters. The van der Waals surface area contributed by atoms with Gasteiger partial charge >= 0.3 is 0 Å². The minimum atomic E-state index is 0. The Morgan fingerprint density at radius 1 is 1.57 bits per heavy atom. The number of nitrogens with zero attached hydrogens (tertiary/aromatic N) is 1. The van der Waals surface area contributed by atoms with Gasteiger partial charge in [0.05, 0.1) is 6.07 Å². The molecule has 0 N–H and O–H groups in total. The van der Waals surface area contributed by atoms with Crippen LogP contribution >= 0.6 is 0 Å². The van der Waals surface area contributed by atoms with Crippen LogP contribution in [0.4, 0.5) is 0 Å². The van der Waals surface area contributed by atoms with Gasteiger partial charge in [-0.05, 0) is 17.4 Å². The van der Waals surface area contributed by atoms with Gasteiger partial charge in [-0.2, -0.15) is 5.26 Å². The third-order valence-electron chi connectivity index (χ3n) is 0.642. The van der Waals surface area contributed by atoms with Crippen LogP contribution in [-0.2, 0) is 0 Å². The molecule has 0 saturated carbocycles. The second kappa shape index (κ2) is 9.20. The number of hydrogen-bond acceptors (Lipinski definition) is 1. The molecule has 0 bridgehead atoms. The van der Waals surface area contributed by atoms with E-state index in [1.807, 2.05) is 0 Å². The number of rotatable bonds is 2. The monoisotopic (exact) mass is 115 g/mol. The van der Waals surface area contributed by atoms with E-state index in [1.165, 1.54) is 0 Å². The zero-order chi connectivity index (χ0) is 4.83. The van der Waals surface area contributed by atoms with Crippen LogP contribution < -0.4 is 0 Å². The molecular weight excluding hydrogens is 102 g/mol. The van der Waals surface area contributed by atoms with E-state index in [2.05, 4.69) is 13.0 Å². The fourth-order valence-corrected chi connectivity index (χ4v) is 0.256. The van der Waals surface area contributed by atoms with Crippen LogP contribution in [0.25, 0.3) is 0 Å². The Morgan fingerprint density at radius 3 is 2.29 bits per heavy atom. The van der Waals surface area contributed by atoms with Crippen LogP contribution in [-0.4, -0.2) is 11.0 Å². The summed E-state index contributed by atoms with van der Waals surface area (Å²) in [4.78, 5) is 0. The molecule has 0 aliphatic carbocycles. The van der Waals surface area contributed by atoms with Crippen LogP contribution in [0.2, 0.25) is 0 Å². The van der Waals surface area contributed by atoms with Gasteiger partial charge in [0.1, 0.15) is 0 Å². The first kappa shape index (κ1) is 9.86. The molecule has 2 heteroatoms. The van der Waals surface area contributed by atoms with E-state index in [4.69, 9.17) is 5.26 Å². The molecular formula is C5H13NSi. The van der Waals surface area contributed by atoms with Gasteiger partial charge in [-0.1, -0.05) is 13.3 Å². The van der Waals surface area contributed by atoms with Crippen LogP contribution in [0.15, 0.2) is 0 Å². The highest BCUT2D eigenvalue weighted by Gasteiger charge is 1.74. The Balaban J connectivity index is 0. The average Bonchev–Trinajstić information content (AvgIpc) is 1.61. The smallest absolute Gasteiger partial charge is 0.0621 e. The van der Waals surface area contributed by atoms with E-state index in [0.29, 0.717) is 0 Å². The van der Waals surface area contributed by atoms with Crippen molar-refractivity contribution in [2.75, 3.05) is 0 Å². The van der Waals surface area contributed by atoms with Crippen molar-refractivity contribution in [2.45, 2.75) is 26.2 Å². The molecule has 0 unspecified atom stereocenters. The largest absolute Gasteiger partial charge is 0.198 e. The molecule has 0 aromatic rings. The lowest BCUT2D eigenvalue weighted by Crippen LogP contribution is -1.62. The highest BCUT2D eigenvalue weighted by molar-refractivity contribution is 5.75. The molecule has 0 heterocycles. The van der Waals surface area contributed by atoms with Crippen molar-refractivity contribution in [3.8, 4) is 6.07 Å². The maximum atomic E-state index is 7.95. The van der Waals surface area contributed by atoms with Crippen LogP contribution in [0.3, 0.4) is 0 Å². The van der Waals surface area contributed by atoms with Crippen LogP contribution in [0, 0.1) is 11.3 Å². The molecule has 0 radical (unpaired) electrons. The molecule has 0 amide bonds. The van der Waals surface area contributed by atoms with Crippen molar-refractivity contribution in [3.63, 3.8) is 0 Å². The number of hydrogen-bond donors (Lipinski definition) is 0. The molecule has 0 aliphatic heterocycles. The molecule has 0 rings (SSSR count). The Labute approximate surface area is 49.4 Å². The second-order valence-electron chi connectivity index (χ2n) is 1.26. The molecule has 0 spiro atoms. The summed E-state index contributed by atoms with van der Waals surface area (Å²) < 4.78 is 0. The third kappa shape index (κ3) is 10.7. The summed E-state index contributed by atoms with van der Waals surface area (Å²) in [6, 6.07) is 2.07. The minimum Gasteiger partial charge on any atom is -0.198 e. The molecule has 0 aromatic heterocycles. The van der Waals surface area contributed by atoms with Crippen molar-refractivity contribution in [1.82, 2.24) is 0 Å². The summed E-state index contributed by atoms with van der Waals surface area (Å²) in [7, 11) is 0. The first-order chi connectivity index (χ1) is 2.91. The van der Waals surface area contributed by atoms with Crippen molar-refractivity contribution in [1.29, 1.82) is 5.26 Å². The van der Waals surface area contributed by atoms with Gasteiger partial charge in [-0.15, -0.1) is 0 Å². The molecule has 0 aliphatic rings. The summed E-state index contributed by atoms with van der Waals surface area (Å²) in [6.07, 6.45) is 2.90. The van der Waals surface area contributed by atoms with E-state index < -0.39 is 0 Å². The van der Waals surface area contributed by atoms with Gasteiger partial charge in [0.15, 0.2) is 0 Å². The summed E-state index contributed by atoms with van der Waals surface area (Å²) in [5.41, 5.74) is 0. The van der Waals surface area contributed by atoms with Crippen molar-refractivity contribution >= 4 is 11.0 Å². The lowest BCUT2D eigenvalue weighted by molar-refractivity contribution is 0.822. The summed E-state index contributed by atoms with van der Waals surface area (Å²) in [6.45, 7) is 2.08. The maximum absolute atomic E-state index is 7.95. The SMILES string of the molecule is CCCCC#N.[SiH4]. The molecule has 0 saturated heterocycles. The summed E-state index contributed by atoms with van der Waals surface area (Å²) in [5.74, 6) is 0. The second-order valence-corrected chi connectivity index (χ2v) is 1.26. The lowest BCUT2D eigenvalue weighted by Gasteiger charge is -1.77. The molecule has 0 aromatic carbocycles. The van der Waals surface area contributed by atoms with E-state index in [9.17, 15) is 0 Å². The van der Waals surface area contributed by atoms with Gasteiger partial charge in [-0.3, -0.25) is 0 Å². The number of unbranched alkanes of at least 4 members (excludes halogenated alkanes) is 2. The van der Waals surface area contributed by atoms with E-state index in [1.54, 1.807) is 0 Å². The van der Waals surface area contributed by atoms with Crippen molar-refractivity contribution < 1.29 is 0 Å². The van der Waals surface area contributed by atoms with Crippen LogP contribution in [0.1, 0.15) is 26.2 Å². The topological polar surface area (TPSA) is 23.8 Å². The Kier molecular flexibility index (Phi) is 13.0. The van der Waals surface area contributed by atoms with Gasteiger partial charge in [0, 0.05) is 6.42 Å². The standard InChI is InChI=1S/C5H9N.H4Si/c1-2-3-4-5-6;/h2-4H2,1H3;1H4. The first-order valence-electron chi connectivity index (χ1n) is 2.28. The van der Waals surface area contributed by atoms with Crippen molar-refractivity contribution in [3.05, 3.63) is 0 Å². The fourth-order valence-electron chi connectivity index (χ4n) is 0.256. The zero-order valence-electron chi connectivity index (χ0n) is 4.07. The summed E-state index contributed by atoms with van der Waals surface area (Å²) >= 11 is 0. The highest BCUT2D eigenvalue weighted by Crippen LogP contribution is 1.88. The molecule has 42 valence electrons. The van der Waals surface area contributed by atoms with E-state index in [-0.39, 0.29) is 11.0 Å². The van der Waals surface area contributed by atoms with Gasteiger partial charge in [0.25, 0.3) is 0 Å². The molecule has 7 heavy (non-hydrogen) atoms. The predicted octanol–water partition coefficient (Wildman–Crippen LogP) is 0.249. The third-order valence-corrected chi connectivity index (χ3v) is 0.642. The van der Waals surface area contributed by atoms with Gasteiger partial charge in [-0.25, -0.2) is 0 Å². The van der Waals surface area contributed by atoms with E-state index >= 15 is 0 Å². The molecule has 1 nitrogen and oxygen atoms in total. The van der Waals surface area contributed by atoms with Gasteiger partial charge < -0.3 is 0 Å². The predicted molar refractivity (Wildman–Crippen MR) is 36.5 cm³/mol.